The third-order valence-corrected chi connectivity index (χ3v) is 2.91. The highest BCUT2D eigenvalue weighted by Crippen LogP contribution is 2.02. The van der Waals surface area contributed by atoms with Crippen LogP contribution < -0.4 is 10.7 Å². The van der Waals surface area contributed by atoms with Gasteiger partial charge in [-0.3, -0.25) is 5.43 Å². The average Bonchev–Trinajstić information content (AvgIpc) is 2.98. The number of aromatic amines is 1. The lowest BCUT2D eigenvalue weighted by atomic mass is 10.2. The van der Waals surface area contributed by atoms with E-state index in [2.05, 4.69) is 20.8 Å². The lowest BCUT2D eigenvalue weighted by molar-refractivity contribution is 0.626. The second-order valence-corrected chi connectivity index (χ2v) is 4.61. The second kappa shape index (κ2) is 6.81. The van der Waals surface area contributed by atoms with Gasteiger partial charge in [-0.1, -0.05) is 12.1 Å². The number of hydrogen-bond donors (Lipinski definition) is 3. The summed E-state index contributed by atoms with van der Waals surface area (Å²) in [5.74, 6) is -0.249. The minimum atomic E-state index is -0.249. The molecule has 0 aliphatic heterocycles. The number of nitrogens with zero attached hydrogens (tertiary/aromatic N) is 1. The summed E-state index contributed by atoms with van der Waals surface area (Å²) in [7, 11) is 0. The third-order valence-electron chi connectivity index (χ3n) is 2.68. The molecule has 0 radical (unpaired) electrons. The molecule has 0 unspecified atom stereocenters. The predicted octanol–water partition coefficient (Wildman–Crippen LogP) is 2.54. The van der Waals surface area contributed by atoms with Crippen molar-refractivity contribution in [2.75, 3.05) is 0 Å². The summed E-state index contributed by atoms with van der Waals surface area (Å²) in [4.78, 5) is 3.05. The van der Waals surface area contributed by atoms with Gasteiger partial charge in [-0.2, -0.15) is 5.10 Å². The topological polar surface area (TPSA) is 52.2 Å². The monoisotopic (exact) mass is 290 g/mol. The molecule has 1 heterocycles. The maximum Gasteiger partial charge on any atom is 0.187 e. The van der Waals surface area contributed by atoms with Crippen molar-refractivity contribution in [3.8, 4) is 0 Å². The Morgan fingerprint density at radius 2 is 2.05 bits per heavy atom. The largest absolute Gasteiger partial charge is 0.360 e. The fourth-order valence-electron chi connectivity index (χ4n) is 1.57. The van der Waals surface area contributed by atoms with Crippen molar-refractivity contribution < 1.29 is 4.39 Å². The number of thiocarbonyl (C=S) groups is 1. The van der Waals surface area contributed by atoms with Crippen LogP contribution in [0.5, 0.6) is 0 Å². The van der Waals surface area contributed by atoms with Crippen molar-refractivity contribution in [2.24, 2.45) is 5.10 Å². The molecular formula is C14H15FN4S. The fourth-order valence-corrected chi connectivity index (χ4v) is 1.69. The van der Waals surface area contributed by atoms with Gasteiger partial charge in [0.05, 0.1) is 11.4 Å². The average molecular weight is 290 g/mol. The van der Waals surface area contributed by atoms with Crippen LogP contribution in [-0.4, -0.2) is 15.8 Å². The molecule has 104 valence electrons. The van der Waals surface area contributed by atoms with Crippen LogP contribution in [0.3, 0.4) is 0 Å². The molecule has 20 heavy (non-hydrogen) atoms. The molecule has 0 saturated heterocycles. The van der Waals surface area contributed by atoms with Gasteiger partial charge in [-0.05, 0) is 49.0 Å². The lowest BCUT2D eigenvalue weighted by Crippen LogP contribution is -2.32. The van der Waals surface area contributed by atoms with Crippen LogP contribution in [0.25, 0.3) is 0 Å². The molecule has 6 heteroatoms. The van der Waals surface area contributed by atoms with Gasteiger partial charge in [0, 0.05) is 12.7 Å². The molecule has 0 spiro atoms. The summed E-state index contributed by atoms with van der Waals surface area (Å²) < 4.78 is 12.8. The first kappa shape index (κ1) is 14.2. The molecule has 0 aliphatic carbocycles. The van der Waals surface area contributed by atoms with E-state index in [-0.39, 0.29) is 5.82 Å². The number of nitrogens with one attached hydrogen (secondary N) is 3. The van der Waals surface area contributed by atoms with Gasteiger partial charge in [0.25, 0.3) is 0 Å². The van der Waals surface area contributed by atoms with Crippen LogP contribution in [0.1, 0.15) is 18.2 Å². The zero-order valence-electron chi connectivity index (χ0n) is 11.0. The van der Waals surface area contributed by atoms with Crippen LogP contribution in [0.2, 0.25) is 0 Å². The maximum atomic E-state index is 12.8. The number of rotatable bonds is 4. The van der Waals surface area contributed by atoms with E-state index in [4.69, 9.17) is 12.2 Å². The maximum absolute atomic E-state index is 12.8. The van der Waals surface area contributed by atoms with Crippen LogP contribution in [0.4, 0.5) is 4.39 Å². The first-order valence-electron chi connectivity index (χ1n) is 6.11. The van der Waals surface area contributed by atoms with Crippen molar-refractivity contribution in [3.63, 3.8) is 0 Å². The lowest BCUT2D eigenvalue weighted by Gasteiger charge is -2.07. The zero-order valence-corrected chi connectivity index (χ0v) is 11.8. The molecule has 1 aromatic carbocycles. The van der Waals surface area contributed by atoms with E-state index in [0.717, 1.165) is 17.0 Å². The summed E-state index contributed by atoms with van der Waals surface area (Å²) >= 11 is 5.11. The van der Waals surface area contributed by atoms with E-state index in [1.54, 1.807) is 12.1 Å². The molecule has 4 nitrogen and oxygen atoms in total. The van der Waals surface area contributed by atoms with Gasteiger partial charge in [0.15, 0.2) is 5.11 Å². The summed E-state index contributed by atoms with van der Waals surface area (Å²) in [6, 6.07) is 10.1. The standard InChI is InChI=1S/C14H15FN4S/c1-10(13-3-2-8-16-13)18-19-14(20)17-9-11-4-6-12(15)7-5-11/h2-8,16H,9H2,1H3,(H2,17,19,20)/b18-10+. The number of aromatic nitrogens is 1. The molecule has 0 fully saturated rings. The van der Waals surface area contributed by atoms with Gasteiger partial charge in [0.1, 0.15) is 5.82 Å². The van der Waals surface area contributed by atoms with E-state index in [9.17, 15) is 4.39 Å². The first-order valence-corrected chi connectivity index (χ1v) is 6.52. The van der Waals surface area contributed by atoms with E-state index in [1.807, 2.05) is 25.3 Å². The van der Waals surface area contributed by atoms with Crippen molar-refractivity contribution in [2.45, 2.75) is 13.5 Å². The number of benzene rings is 1. The second-order valence-electron chi connectivity index (χ2n) is 4.20. The fraction of sp³-hybridized carbons (Fsp3) is 0.143. The Labute approximate surface area is 122 Å². The highest BCUT2D eigenvalue weighted by Gasteiger charge is 1.99. The normalized spacial score (nSPS) is 11.2. The Morgan fingerprint density at radius 1 is 1.30 bits per heavy atom. The van der Waals surface area contributed by atoms with Gasteiger partial charge >= 0.3 is 0 Å². The molecule has 0 amide bonds. The minimum Gasteiger partial charge on any atom is -0.360 e. The van der Waals surface area contributed by atoms with Crippen molar-refractivity contribution in [1.29, 1.82) is 0 Å². The Bertz CT molecular complexity index is 590. The van der Waals surface area contributed by atoms with E-state index >= 15 is 0 Å². The van der Waals surface area contributed by atoms with Crippen LogP contribution >= 0.6 is 12.2 Å². The minimum absolute atomic E-state index is 0.249. The van der Waals surface area contributed by atoms with Gasteiger partial charge in [-0.25, -0.2) is 4.39 Å². The van der Waals surface area contributed by atoms with Gasteiger partial charge in [-0.15, -0.1) is 0 Å². The summed E-state index contributed by atoms with van der Waals surface area (Å²) in [5.41, 5.74) is 5.45. The van der Waals surface area contributed by atoms with E-state index < -0.39 is 0 Å². The van der Waals surface area contributed by atoms with Crippen molar-refractivity contribution >= 4 is 23.0 Å². The van der Waals surface area contributed by atoms with Crippen LogP contribution in [0, 0.1) is 5.82 Å². The summed E-state index contributed by atoms with van der Waals surface area (Å²) in [6.07, 6.45) is 1.83. The molecular weight excluding hydrogens is 275 g/mol. The van der Waals surface area contributed by atoms with Crippen molar-refractivity contribution in [3.05, 3.63) is 59.7 Å². The Hall–Kier alpha value is -2.21. The number of H-pyrrole nitrogens is 1. The number of halogens is 1. The molecule has 2 rings (SSSR count). The van der Waals surface area contributed by atoms with E-state index in [1.165, 1.54) is 12.1 Å². The number of hydrogen-bond acceptors (Lipinski definition) is 2. The molecule has 0 bridgehead atoms. The smallest absolute Gasteiger partial charge is 0.187 e. The Morgan fingerprint density at radius 3 is 2.70 bits per heavy atom. The highest BCUT2D eigenvalue weighted by atomic mass is 32.1. The molecule has 0 atom stereocenters. The summed E-state index contributed by atoms with van der Waals surface area (Å²) in [5, 5.41) is 7.58. The SMILES string of the molecule is C/C(=N\NC(=S)NCc1ccc(F)cc1)c1ccc[nH]1. The number of hydrazone groups is 1. The molecule has 0 saturated carbocycles. The molecule has 0 aliphatic rings. The molecule has 2 aromatic rings. The van der Waals surface area contributed by atoms with Crippen LogP contribution in [0.15, 0.2) is 47.7 Å². The molecule has 3 N–H and O–H groups in total. The Kier molecular flexibility index (Phi) is 4.84. The Balaban J connectivity index is 1.81. The van der Waals surface area contributed by atoms with Crippen LogP contribution in [-0.2, 0) is 6.54 Å². The zero-order chi connectivity index (χ0) is 14.4. The first-order chi connectivity index (χ1) is 9.65. The van der Waals surface area contributed by atoms with Crippen molar-refractivity contribution in [1.82, 2.24) is 15.7 Å². The van der Waals surface area contributed by atoms with Gasteiger partial charge in [0.2, 0.25) is 0 Å². The van der Waals surface area contributed by atoms with E-state index in [0.29, 0.717) is 11.7 Å². The predicted molar refractivity (Wildman–Crippen MR) is 82.0 cm³/mol. The van der Waals surface area contributed by atoms with Gasteiger partial charge < -0.3 is 10.3 Å². The summed E-state index contributed by atoms with van der Waals surface area (Å²) in [6.45, 7) is 2.39. The highest BCUT2D eigenvalue weighted by molar-refractivity contribution is 7.80. The third kappa shape index (κ3) is 4.17. The quantitative estimate of drug-likeness (QED) is 0.461. The molecule has 1 aromatic heterocycles.